The lowest BCUT2D eigenvalue weighted by molar-refractivity contribution is 0.741. The standard InChI is InChI=1S/C7H11N3/c1-8-10-9-7-5-3-2-4-6-7/h2-3,5H,4,6H2,1H3,(H,8,9). The van der Waals surface area contributed by atoms with Crippen LogP contribution in [0.2, 0.25) is 0 Å². The Hall–Kier alpha value is -1.12. The van der Waals surface area contributed by atoms with Gasteiger partial charge in [-0.2, -0.15) is 5.11 Å². The van der Waals surface area contributed by atoms with Crippen molar-refractivity contribution in [2.75, 3.05) is 7.05 Å². The van der Waals surface area contributed by atoms with Gasteiger partial charge in [0.15, 0.2) is 0 Å². The van der Waals surface area contributed by atoms with Gasteiger partial charge in [-0.15, -0.1) is 0 Å². The van der Waals surface area contributed by atoms with Gasteiger partial charge in [-0.1, -0.05) is 17.4 Å². The first-order valence-electron chi connectivity index (χ1n) is 3.34. The summed E-state index contributed by atoms with van der Waals surface area (Å²) in [6.45, 7) is 0. The summed E-state index contributed by atoms with van der Waals surface area (Å²) in [6.07, 6.45) is 8.30. The van der Waals surface area contributed by atoms with Gasteiger partial charge in [0.2, 0.25) is 0 Å². The molecular weight excluding hydrogens is 126 g/mol. The zero-order valence-corrected chi connectivity index (χ0v) is 6.04. The molecule has 0 amide bonds. The fourth-order valence-electron chi connectivity index (χ4n) is 0.810. The van der Waals surface area contributed by atoms with Crippen molar-refractivity contribution in [1.82, 2.24) is 5.43 Å². The molecule has 0 unspecified atom stereocenters. The van der Waals surface area contributed by atoms with E-state index in [9.17, 15) is 0 Å². The predicted octanol–water partition coefficient (Wildman–Crippen LogP) is 1.81. The number of rotatable bonds is 2. The van der Waals surface area contributed by atoms with E-state index in [1.165, 1.54) is 0 Å². The Labute approximate surface area is 60.5 Å². The quantitative estimate of drug-likeness (QED) is 0.457. The lowest BCUT2D eigenvalue weighted by atomic mass is 10.1. The van der Waals surface area contributed by atoms with Crippen molar-refractivity contribution in [3.63, 3.8) is 0 Å². The molecule has 0 aliphatic heterocycles. The maximum atomic E-state index is 3.67. The van der Waals surface area contributed by atoms with Crippen LogP contribution in [0.15, 0.2) is 34.3 Å². The van der Waals surface area contributed by atoms with Crippen molar-refractivity contribution < 1.29 is 0 Å². The van der Waals surface area contributed by atoms with Crippen LogP contribution in [0, 0.1) is 0 Å². The van der Waals surface area contributed by atoms with Gasteiger partial charge in [0.1, 0.15) is 0 Å². The average Bonchev–Trinajstić information content (AvgIpc) is 2.03. The smallest absolute Gasteiger partial charge is 0.0509 e. The fraction of sp³-hybridized carbons (Fsp3) is 0.429. The molecule has 0 fully saturated rings. The maximum absolute atomic E-state index is 3.67. The third kappa shape index (κ3) is 2.01. The van der Waals surface area contributed by atoms with E-state index in [1.807, 2.05) is 12.2 Å². The third-order valence-corrected chi connectivity index (χ3v) is 1.31. The van der Waals surface area contributed by atoms with Gasteiger partial charge in [-0.25, -0.2) is 0 Å². The Morgan fingerprint density at radius 3 is 3.10 bits per heavy atom. The molecule has 0 heterocycles. The highest BCUT2D eigenvalue weighted by molar-refractivity contribution is 5.15. The SMILES string of the molecule is CN=NNC1=CC=CCC1. The van der Waals surface area contributed by atoms with E-state index in [4.69, 9.17) is 0 Å². The Bertz CT molecular complexity index is 179. The zero-order valence-electron chi connectivity index (χ0n) is 6.04. The lowest BCUT2D eigenvalue weighted by Crippen LogP contribution is -2.04. The molecule has 1 N–H and O–H groups in total. The number of nitrogens with one attached hydrogen (secondary N) is 1. The van der Waals surface area contributed by atoms with Crippen molar-refractivity contribution in [2.24, 2.45) is 10.3 Å². The summed E-state index contributed by atoms with van der Waals surface area (Å²) in [5.41, 5.74) is 3.97. The molecule has 0 aromatic carbocycles. The number of allylic oxidation sites excluding steroid dienone is 4. The Balaban J connectivity index is 2.39. The van der Waals surface area contributed by atoms with Crippen LogP contribution in [0.1, 0.15) is 12.8 Å². The Kier molecular flexibility index (Phi) is 2.67. The number of nitrogens with zero attached hydrogens (tertiary/aromatic N) is 2. The molecule has 0 aromatic heterocycles. The molecule has 1 aliphatic carbocycles. The third-order valence-electron chi connectivity index (χ3n) is 1.31. The molecule has 0 bridgehead atoms. The maximum Gasteiger partial charge on any atom is 0.0509 e. The predicted molar refractivity (Wildman–Crippen MR) is 40.4 cm³/mol. The highest BCUT2D eigenvalue weighted by atomic mass is 15.4. The topological polar surface area (TPSA) is 36.8 Å². The van der Waals surface area contributed by atoms with Crippen LogP contribution >= 0.6 is 0 Å². The van der Waals surface area contributed by atoms with Crippen LogP contribution in [0.5, 0.6) is 0 Å². The van der Waals surface area contributed by atoms with Gasteiger partial charge in [0, 0.05) is 5.70 Å². The minimum atomic E-state index is 1.04. The molecule has 0 aromatic rings. The van der Waals surface area contributed by atoms with E-state index in [0.717, 1.165) is 18.5 Å². The van der Waals surface area contributed by atoms with Crippen LogP contribution in [-0.2, 0) is 0 Å². The van der Waals surface area contributed by atoms with E-state index in [0.29, 0.717) is 0 Å². The van der Waals surface area contributed by atoms with Gasteiger partial charge in [0.25, 0.3) is 0 Å². The largest absolute Gasteiger partial charge is 0.264 e. The van der Waals surface area contributed by atoms with Crippen molar-refractivity contribution in [3.8, 4) is 0 Å². The second kappa shape index (κ2) is 3.82. The van der Waals surface area contributed by atoms with Gasteiger partial charge < -0.3 is 0 Å². The second-order valence-electron chi connectivity index (χ2n) is 2.07. The van der Waals surface area contributed by atoms with Crippen molar-refractivity contribution in [2.45, 2.75) is 12.8 Å². The summed E-state index contributed by atoms with van der Waals surface area (Å²) in [5.74, 6) is 0. The van der Waals surface area contributed by atoms with Crippen LogP contribution in [-0.4, -0.2) is 7.05 Å². The summed E-state index contributed by atoms with van der Waals surface area (Å²) in [5, 5.41) is 7.25. The van der Waals surface area contributed by atoms with Crippen LogP contribution in [0.4, 0.5) is 0 Å². The monoisotopic (exact) mass is 137 g/mol. The molecule has 0 spiro atoms. The average molecular weight is 137 g/mol. The summed E-state index contributed by atoms with van der Waals surface area (Å²) < 4.78 is 0. The molecule has 0 saturated carbocycles. The highest BCUT2D eigenvalue weighted by Crippen LogP contribution is 2.07. The molecule has 0 atom stereocenters. The first-order chi connectivity index (χ1) is 4.93. The summed E-state index contributed by atoms with van der Waals surface area (Å²) in [7, 11) is 1.65. The lowest BCUT2D eigenvalue weighted by Gasteiger charge is -2.05. The molecule has 54 valence electrons. The minimum absolute atomic E-state index is 1.04. The summed E-state index contributed by atoms with van der Waals surface area (Å²) in [4.78, 5) is 0. The molecule has 0 radical (unpaired) electrons. The molecule has 10 heavy (non-hydrogen) atoms. The van der Waals surface area contributed by atoms with Crippen molar-refractivity contribution in [3.05, 3.63) is 23.9 Å². The van der Waals surface area contributed by atoms with E-state index < -0.39 is 0 Å². The van der Waals surface area contributed by atoms with E-state index in [1.54, 1.807) is 7.05 Å². The first kappa shape index (κ1) is 6.99. The van der Waals surface area contributed by atoms with E-state index in [-0.39, 0.29) is 0 Å². The van der Waals surface area contributed by atoms with Gasteiger partial charge >= 0.3 is 0 Å². The van der Waals surface area contributed by atoms with Gasteiger partial charge in [-0.3, -0.25) is 5.43 Å². The van der Waals surface area contributed by atoms with Crippen molar-refractivity contribution in [1.29, 1.82) is 0 Å². The molecule has 1 aliphatic rings. The molecule has 0 saturated heterocycles. The normalized spacial score (nSPS) is 17.5. The molecule has 3 nitrogen and oxygen atoms in total. The Morgan fingerprint density at radius 2 is 2.50 bits per heavy atom. The van der Waals surface area contributed by atoms with Gasteiger partial charge in [-0.05, 0) is 18.9 Å². The summed E-state index contributed by atoms with van der Waals surface area (Å²) in [6, 6.07) is 0. The number of hydrogen-bond donors (Lipinski definition) is 1. The van der Waals surface area contributed by atoms with Crippen LogP contribution in [0.25, 0.3) is 0 Å². The minimum Gasteiger partial charge on any atom is -0.264 e. The van der Waals surface area contributed by atoms with Gasteiger partial charge in [0.05, 0.1) is 7.05 Å². The highest BCUT2D eigenvalue weighted by Gasteiger charge is 1.95. The molecule has 3 heteroatoms. The zero-order chi connectivity index (χ0) is 7.23. The fourth-order valence-corrected chi connectivity index (χ4v) is 0.810. The second-order valence-corrected chi connectivity index (χ2v) is 2.07. The Morgan fingerprint density at radius 1 is 1.60 bits per heavy atom. The molecular formula is C7H11N3. The number of hydrogen-bond acceptors (Lipinski definition) is 2. The van der Waals surface area contributed by atoms with Crippen LogP contribution < -0.4 is 5.43 Å². The van der Waals surface area contributed by atoms with E-state index >= 15 is 0 Å². The van der Waals surface area contributed by atoms with E-state index in [2.05, 4.69) is 21.8 Å². The van der Waals surface area contributed by atoms with Crippen molar-refractivity contribution >= 4 is 0 Å². The summed E-state index contributed by atoms with van der Waals surface area (Å²) >= 11 is 0. The first-order valence-corrected chi connectivity index (χ1v) is 3.34. The van der Waals surface area contributed by atoms with Crippen LogP contribution in [0.3, 0.4) is 0 Å². The molecule has 1 rings (SSSR count).